The average Bonchev–Trinajstić information content (AvgIpc) is 3.50. The lowest BCUT2D eigenvalue weighted by Crippen LogP contribution is -2.28. The fourth-order valence-corrected chi connectivity index (χ4v) is 8.41. The van der Waals surface area contributed by atoms with Crippen molar-refractivity contribution >= 4 is 31.0 Å². The van der Waals surface area contributed by atoms with Crippen LogP contribution in [0.4, 0.5) is 20.2 Å². The molecule has 0 fully saturated rings. The van der Waals surface area contributed by atoms with E-state index < -0.39 is 5.41 Å². The van der Waals surface area contributed by atoms with Gasteiger partial charge in [0.05, 0.1) is 5.41 Å². The van der Waals surface area contributed by atoms with Gasteiger partial charge in [-0.2, -0.15) is 4.58 Å². The summed E-state index contributed by atoms with van der Waals surface area (Å²) < 4.78 is 38.4. The molecule has 0 bridgehead atoms. The third kappa shape index (κ3) is 8.59. The van der Waals surface area contributed by atoms with Crippen LogP contribution in [0.5, 0.6) is 5.75 Å². The first-order valence-corrected chi connectivity index (χ1v) is 20.2. The number of amides is 1. The van der Waals surface area contributed by atoms with Crippen LogP contribution >= 0.6 is 0 Å². The van der Waals surface area contributed by atoms with Gasteiger partial charge in [-0.1, -0.05) is 57.4 Å². The minimum absolute atomic E-state index is 0.0392. The summed E-state index contributed by atoms with van der Waals surface area (Å²) in [7, 11) is 1.67. The van der Waals surface area contributed by atoms with Gasteiger partial charge in [0.25, 0.3) is 0 Å². The van der Waals surface area contributed by atoms with Crippen molar-refractivity contribution in [1.29, 1.82) is 0 Å². The number of carbonyl (C=O) groups is 1. The largest absolute Gasteiger partial charge is 0.457 e. The highest BCUT2D eigenvalue weighted by molar-refractivity contribution is 6.14. The van der Waals surface area contributed by atoms with Gasteiger partial charge < -0.3 is 14.9 Å². The number of carbonyl (C=O) groups excluding carboxylic acids is 1. The van der Waals surface area contributed by atoms with Crippen molar-refractivity contribution in [3.05, 3.63) is 136 Å². The van der Waals surface area contributed by atoms with E-state index in [1.165, 1.54) is 11.6 Å². The molecule has 5 nitrogen and oxygen atoms in total. The molecule has 3 aliphatic rings. The Kier molecular flexibility index (Phi) is 12.3. The Morgan fingerprint density at radius 3 is 2.35 bits per heavy atom. The first kappa shape index (κ1) is 40.0. The molecule has 1 amide bonds. The highest BCUT2D eigenvalue weighted by Gasteiger charge is 2.44. The molecule has 3 aromatic rings. The second-order valence-electron chi connectivity index (χ2n) is 16.3. The van der Waals surface area contributed by atoms with Gasteiger partial charge in [0.2, 0.25) is 19.6 Å². The third-order valence-electron chi connectivity index (χ3n) is 11.6. The Morgan fingerprint density at radius 1 is 0.891 bits per heavy atom. The summed E-state index contributed by atoms with van der Waals surface area (Å²) in [5, 5.41) is 2.72. The van der Waals surface area contributed by atoms with Crippen molar-refractivity contribution < 1.29 is 22.9 Å². The van der Waals surface area contributed by atoms with Crippen LogP contribution < -0.4 is 14.9 Å². The molecule has 0 aromatic heterocycles. The van der Waals surface area contributed by atoms with Gasteiger partial charge in [0, 0.05) is 53.9 Å². The molecule has 0 spiro atoms. The van der Waals surface area contributed by atoms with E-state index in [2.05, 4.69) is 92.7 Å². The molecule has 55 heavy (non-hydrogen) atoms. The van der Waals surface area contributed by atoms with Crippen molar-refractivity contribution in [1.82, 2.24) is 5.23 Å². The average molecular weight is 745 g/mol. The number of ether oxygens (including phenoxy) is 1. The van der Waals surface area contributed by atoms with E-state index in [0.29, 0.717) is 6.42 Å². The molecule has 0 radical (unpaired) electrons. The summed E-state index contributed by atoms with van der Waals surface area (Å²) in [5.41, 5.74) is 8.91. The number of benzene rings is 3. The van der Waals surface area contributed by atoms with Crippen molar-refractivity contribution in [3.8, 4) is 5.75 Å². The number of allylic oxidation sites excluding steroid dienone is 7. The predicted molar refractivity (Wildman–Crippen MR) is 224 cm³/mol. The van der Waals surface area contributed by atoms with Gasteiger partial charge in [-0.3, -0.25) is 4.79 Å². The molecule has 2 aliphatic heterocycles. The lowest BCUT2D eigenvalue weighted by Gasteiger charge is -2.27. The maximum Gasteiger partial charge on any atom is 0.217 e. The standard InChI is InChI=1S/C47H56BF2N3O2/c1-7-8-10-28-52-40-24-20-35(49)30-38(40)46(3,4)42(52)26-18-33-13-12-14-34(45(33)55-37-22-16-32(2)17-23-37)19-27-43-47(5,6)39-31-36(50)21-25-41(39)53(43)29-11-9-15-44(54)51-48/h16-27,30-31H,7-15,28-29,48H2,1-6H3/p+1. The van der Waals surface area contributed by atoms with Crippen molar-refractivity contribution in [3.63, 3.8) is 0 Å². The fourth-order valence-electron chi connectivity index (χ4n) is 8.41. The number of hydrogen-bond acceptors (Lipinski definition) is 3. The van der Waals surface area contributed by atoms with Gasteiger partial charge in [-0.15, -0.1) is 0 Å². The topological polar surface area (TPSA) is 44.6 Å². The monoisotopic (exact) mass is 744 g/mol. The number of rotatable bonds is 14. The molecule has 6 rings (SSSR count). The summed E-state index contributed by atoms with van der Waals surface area (Å²) in [6, 6.07) is 18.5. The van der Waals surface area contributed by atoms with Crippen molar-refractivity contribution in [2.75, 3.05) is 18.0 Å². The maximum atomic E-state index is 14.7. The highest BCUT2D eigenvalue weighted by Crippen LogP contribution is 2.48. The van der Waals surface area contributed by atoms with Crippen LogP contribution in [0, 0.1) is 18.6 Å². The van der Waals surface area contributed by atoms with Crippen LogP contribution in [-0.4, -0.2) is 37.3 Å². The van der Waals surface area contributed by atoms with Crippen molar-refractivity contribution in [2.24, 2.45) is 0 Å². The van der Waals surface area contributed by atoms with E-state index in [0.717, 1.165) is 121 Å². The number of nitrogens with zero attached hydrogens (tertiary/aromatic N) is 2. The van der Waals surface area contributed by atoms with Gasteiger partial charge in [-0.25, -0.2) is 8.78 Å². The van der Waals surface area contributed by atoms with Gasteiger partial charge in [0.15, 0.2) is 5.71 Å². The van der Waals surface area contributed by atoms with Crippen LogP contribution in [0.1, 0.15) is 109 Å². The van der Waals surface area contributed by atoms with E-state index in [9.17, 15) is 13.6 Å². The number of aryl methyl sites for hydroxylation is 1. The molecular weight excluding hydrogens is 687 g/mol. The number of anilines is 1. The van der Waals surface area contributed by atoms with Gasteiger partial charge in [-0.05, 0) is 124 Å². The van der Waals surface area contributed by atoms with Gasteiger partial charge in [0.1, 0.15) is 29.7 Å². The number of fused-ring (bicyclic) bond motifs is 2. The van der Waals surface area contributed by atoms with Crippen LogP contribution in [0.25, 0.3) is 0 Å². The first-order valence-electron chi connectivity index (χ1n) is 20.2. The smallest absolute Gasteiger partial charge is 0.217 e. The Morgan fingerprint density at radius 2 is 1.62 bits per heavy atom. The summed E-state index contributed by atoms with van der Waals surface area (Å²) >= 11 is 0. The predicted octanol–water partition coefficient (Wildman–Crippen LogP) is 10.4. The molecule has 2 heterocycles. The van der Waals surface area contributed by atoms with E-state index in [1.807, 2.05) is 24.3 Å². The second-order valence-corrected chi connectivity index (χ2v) is 16.3. The fraction of sp³-hybridized carbons (Fsp3) is 0.404. The quantitative estimate of drug-likeness (QED) is 0.102. The summed E-state index contributed by atoms with van der Waals surface area (Å²) in [6.45, 7) is 14.6. The zero-order valence-electron chi connectivity index (χ0n) is 33.8. The zero-order chi connectivity index (χ0) is 39.3. The lowest BCUT2D eigenvalue weighted by molar-refractivity contribution is -0.438. The molecule has 0 unspecified atom stereocenters. The van der Waals surface area contributed by atoms with Crippen LogP contribution in [0.2, 0.25) is 0 Å². The zero-order valence-corrected chi connectivity index (χ0v) is 33.8. The Bertz CT molecular complexity index is 2070. The maximum absolute atomic E-state index is 14.7. The Labute approximate surface area is 328 Å². The molecule has 0 atom stereocenters. The molecule has 1 aliphatic carbocycles. The van der Waals surface area contributed by atoms with Crippen LogP contribution in [0.15, 0.2) is 108 Å². The number of halogens is 2. The Balaban J connectivity index is 1.42. The first-order chi connectivity index (χ1) is 26.3. The number of nitrogens with one attached hydrogen (secondary N) is 1. The molecule has 1 N–H and O–H groups in total. The molecule has 0 saturated heterocycles. The summed E-state index contributed by atoms with van der Waals surface area (Å²) in [4.78, 5) is 14.3. The van der Waals surface area contributed by atoms with Crippen LogP contribution in [-0.2, 0) is 15.6 Å². The SMILES string of the molecule is BNC(=O)CCCC[N+]1=C(/C=C/C2=C(Oc3ccc(C)cc3)C(=C/C=C3/N(CCCCC)c4ccc(F)cc4C3(C)C)/CCC2)C(C)(C)c2cc(F)ccc21. The van der Waals surface area contributed by atoms with E-state index in [4.69, 9.17) is 4.74 Å². The van der Waals surface area contributed by atoms with E-state index >= 15 is 0 Å². The van der Waals surface area contributed by atoms with Crippen molar-refractivity contribution in [2.45, 2.75) is 110 Å². The molecule has 3 aromatic carbocycles. The highest BCUT2D eigenvalue weighted by atomic mass is 19.1. The Hall–Kier alpha value is -4.72. The summed E-state index contributed by atoms with van der Waals surface area (Å²) in [5.74, 6) is 1.23. The summed E-state index contributed by atoms with van der Waals surface area (Å²) in [6.07, 6.45) is 17.0. The number of hydrogen-bond donors (Lipinski definition) is 1. The van der Waals surface area contributed by atoms with E-state index in [-0.39, 0.29) is 23.0 Å². The normalized spacial score (nSPS) is 18.8. The lowest BCUT2D eigenvalue weighted by atomic mass is 9.81. The molecule has 0 saturated carbocycles. The molecule has 288 valence electrons. The van der Waals surface area contributed by atoms with Gasteiger partial charge >= 0.3 is 0 Å². The molecular formula is C47H57BF2N3O2+. The molecule has 8 heteroatoms. The second kappa shape index (κ2) is 17.0. The van der Waals surface area contributed by atoms with Crippen LogP contribution in [0.3, 0.4) is 0 Å². The minimum atomic E-state index is -0.436. The minimum Gasteiger partial charge on any atom is -0.457 e. The van der Waals surface area contributed by atoms with E-state index in [1.54, 1.807) is 26.2 Å². The third-order valence-corrected chi connectivity index (χ3v) is 11.6. The number of unbranched alkanes of at least 4 members (excludes halogenated alkanes) is 3.